The first-order valence-electron chi connectivity index (χ1n) is 13.2. The van der Waals surface area contributed by atoms with Crippen LogP contribution in [0.25, 0.3) is 10.4 Å². The van der Waals surface area contributed by atoms with Crippen molar-refractivity contribution in [1.82, 2.24) is 4.90 Å². The Hall–Kier alpha value is -3.39. The Labute approximate surface area is 237 Å². The Bertz CT molecular complexity index is 1110. The van der Waals surface area contributed by atoms with Gasteiger partial charge >= 0.3 is 24.0 Å². The molecule has 0 aliphatic carbocycles. The van der Waals surface area contributed by atoms with Crippen molar-refractivity contribution in [2.75, 3.05) is 13.2 Å². The lowest BCUT2D eigenvalue weighted by Gasteiger charge is -2.52. The summed E-state index contributed by atoms with van der Waals surface area (Å²) in [5, 5.41) is 3.84. The van der Waals surface area contributed by atoms with E-state index in [4.69, 9.17) is 33.2 Å². The number of rotatable bonds is 6. The van der Waals surface area contributed by atoms with Crippen molar-refractivity contribution in [3.8, 4) is 0 Å². The van der Waals surface area contributed by atoms with Gasteiger partial charge in [0.1, 0.15) is 30.1 Å². The van der Waals surface area contributed by atoms with Crippen LogP contribution in [0.3, 0.4) is 0 Å². The molecule has 1 spiro atoms. The highest BCUT2D eigenvalue weighted by Crippen LogP contribution is 2.43. The third-order valence-electron chi connectivity index (χ3n) is 6.57. The van der Waals surface area contributed by atoms with Gasteiger partial charge in [-0.3, -0.25) is 19.3 Å². The van der Waals surface area contributed by atoms with Crippen molar-refractivity contribution in [3.05, 3.63) is 22.6 Å². The van der Waals surface area contributed by atoms with Crippen LogP contribution in [0.1, 0.15) is 61.8 Å². The maximum atomic E-state index is 13.3. The van der Waals surface area contributed by atoms with E-state index in [1.165, 1.54) is 17.9 Å². The predicted octanol–water partition coefficient (Wildman–Crippen LogP) is 2.90. The van der Waals surface area contributed by atoms with E-state index in [9.17, 15) is 24.7 Å². The molecule has 1 amide bonds. The minimum absolute atomic E-state index is 0.0906. The average Bonchev–Trinajstić information content (AvgIpc) is 3.15. The van der Waals surface area contributed by atoms with Gasteiger partial charge in [-0.05, 0) is 52.6 Å². The maximum Gasteiger partial charge on any atom is 0.412 e. The quantitative estimate of drug-likeness (QED) is 0.112. The summed E-state index contributed by atoms with van der Waals surface area (Å²) >= 11 is 0. The number of azide groups is 1. The molecule has 2 fully saturated rings. The van der Waals surface area contributed by atoms with E-state index in [0.717, 1.165) is 13.8 Å². The van der Waals surface area contributed by atoms with Gasteiger partial charge in [-0.15, -0.1) is 0 Å². The van der Waals surface area contributed by atoms with Crippen molar-refractivity contribution in [1.29, 1.82) is 0 Å². The van der Waals surface area contributed by atoms with E-state index in [-0.39, 0.29) is 6.61 Å². The molecule has 0 bridgehead atoms. The molecule has 0 aromatic carbocycles. The second-order valence-corrected chi connectivity index (χ2v) is 11.4. The van der Waals surface area contributed by atoms with Crippen LogP contribution in [0.4, 0.5) is 4.79 Å². The number of carbonyl (C=O) groups excluding carboxylic acids is 4. The van der Waals surface area contributed by atoms with Crippen molar-refractivity contribution in [2.24, 2.45) is 5.11 Å². The zero-order chi connectivity index (χ0) is 30.8. The van der Waals surface area contributed by atoms with Gasteiger partial charge in [0.15, 0.2) is 12.2 Å². The largest absolute Gasteiger partial charge is 0.463 e. The molecule has 2 saturated heterocycles. The Morgan fingerprint density at radius 1 is 1.05 bits per heavy atom. The summed E-state index contributed by atoms with van der Waals surface area (Å²) in [5.74, 6) is -4.01. The third-order valence-corrected chi connectivity index (χ3v) is 6.57. The van der Waals surface area contributed by atoms with Gasteiger partial charge in [0.25, 0.3) is 0 Å². The van der Waals surface area contributed by atoms with Gasteiger partial charge in [-0.1, -0.05) is 11.2 Å². The predicted molar refractivity (Wildman–Crippen MR) is 139 cm³/mol. The molecule has 3 aliphatic heterocycles. The molecular weight excluding hydrogens is 544 g/mol. The minimum Gasteiger partial charge on any atom is -0.463 e. The van der Waals surface area contributed by atoms with E-state index in [2.05, 4.69) is 10.0 Å². The van der Waals surface area contributed by atoms with E-state index in [0.29, 0.717) is 6.42 Å². The summed E-state index contributed by atoms with van der Waals surface area (Å²) in [7, 11) is 0. The van der Waals surface area contributed by atoms with E-state index in [1.54, 1.807) is 40.7 Å². The number of ether oxygens (including phenoxy) is 7. The number of esters is 3. The van der Waals surface area contributed by atoms with Gasteiger partial charge in [0, 0.05) is 25.7 Å². The Balaban J connectivity index is 2.05. The summed E-state index contributed by atoms with van der Waals surface area (Å²) < 4.78 is 40.5. The second kappa shape index (κ2) is 12.2. The fourth-order valence-electron chi connectivity index (χ4n) is 5.12. The molecule has 0 aromatic heterocycles. The number of hydrogen-bond donors (Lipinski definition) is 0. The first-order valence-corrected chi connectivity index (χ1v) is 13.2. The molecule has 3 rings (SSSR count). The van der Waals surface area contributed by atoms with Gasteiger partial charge < -0.3 is 33.2 Å². The molecule has 0 unspecified atom stereocenters. The average molecular weight is 583 g/mol. The molecule has 0 N–H and O–H groups in total. The Morgan fingerprint density at radius 2 is 1.68 bits per heavy atom. The summed E-state index contributed by atoms with van der Waals surface area (Å²) in [6.07, 6.45) is -1.77. The fraction of sp³-hybridized carbons (Fsp3) is 0.769. The van der Waals surface area contributed by atoms with Gasteiger partial charge in [-0.25, -0.2) is 4.79 Å². The Morgan fingerprint density at radius 3 is 2.24 bits per heavy atom. The topological polar surface area (TPSA) is 185 Å². The van der Waals surface area contributed by atoms with Crippen LogP contribution < -0.4 is 0 Å². The molecule has 7 atom stereocenters. The molecule has 3 heterocycles. The van der Waals surface area contributed by atoms with E-state index >= 15 is 0 Å². The van der Waals surface area contributed by atoms with Crippen molar-refractivity contribution in [2.45, 2.75) is 115 Å². The number of carbonyl (C=O) groups is 4. The minimum atomic E-state index is -1.87. The lowest BCUT2D eigenvalue weighted by atomic mass is 9.87. The van der Waals surface area contributed by atoms with Gasteiger partial charge in [0.05, 0.1) is 18.8 Å². The standard InChI is InChI=1S/C26H38N4O11/c1-14(31)35-13-19-20(37-15(2)32)21(38-16(3)33)22(28-29-27)26(40-19)11-9-10-18(39-26)17-12-36-25(7,8)30(17)23(34)41-24(4,5)6/h9,11,17-22H,10,12-13H2,1-8H3/t17-,18-,19-,20+,21+,22-,26+/m1/s1. The molecular formula is C26H38N4O11. The Kier molecular flexibility index (Phi) is 9.58. The maximum absolute atomic E-state index is 13.3. The molecule has 15 heteroatoms. The smallest absolute Gasteiger partial charge is 0.412 e. The highest BCUT2D eigenvalue weighted by Gasteiger charge is 2.60. The number of amides is 1. The fourth-order valence-corrected chi connectivity index (χ4v) is 5.12. The van der Waals surface area contributed by atoms with Gasteiger partial charge in [-0.2, -0.15) is 0 Å². The summed E-state index contributed by atoms with van der Waals surface area (Å²) in [4.78, 5) is 53.5. The van der Waals surface area contributed by atoms with E-state index in [1.807, 2.05) is 0 Å². The van der Waals surface area contributed by atoms with E-state index < -0.39 is 84.2 Å². The van der Waals surface area contributed by atoms with Crippen LogP contribution in [0, 0.1) is 0 Å². The zero-order valence-electron chi connectivity index (χ0n) is 24.5. The first kappa shape index (κ1) is 32.1. The monoisotopic (exact) mass is 582 g/mol. The molecule has 41 heavy (non-hydrogen) atoms. The van der Waals surface area contributed by atoms with Crippen LogP contribution in [0.15, 0.2) is 17.3 Å². The second-order valence-electron chi connectivity index (χ2n) is 11.4. The molecule has 15 nitrogen and oxygen atoms in total. The van der Waals surface area contributed by atoms with Crippen molar-refractivity contribution < 1.29 is 52.3 Å². The van der Waals surface area contributed by atoms with Crippen LogP contribution in [-0.2, 0) is 47.5 Å². The SMILES string of the molecule is CC(=O)OC[C@H]1O[C@@]2(C=CC[C@H]([C@H]3COC(C)(C)N3C(=O)OC(C)(C)C)O2)[C@H](N=[N+]=[N-])[C@@H](OC(C)=O)[C@H]1OC(C)=O. The number of nitrogens with zero attached hydrogens (tertiary/aromatic N) is 4. The summed E-state index contributed by atoms with van der Waals surface area (Å²) in [6.45, 7) is 11.8. The first-order chi connectivity index (χ1) is 19.0. The highest BCUT2D eigenvalue weighted by atomic mass is 16.7. The molecule has 3 aliphatic rings. The lowest BCUT2D eigenvalue weighted by Crippen LogP contribution is -2.68. The zero-order valence-corrected chi connectivity index (χ0v) is 24.5. The van der Waals surface area contributed by atoms with Gasteiger partial charge in [0.2, 0.25) is 5.79 Å². The summed E-state index contributed by atoms with van der Waals surface area (Å²) in [5.41, 5.74) is 7.66. The van der Waals surface area contributed by atoms with Crippen LogP contribution in [0.5, 0.6) is 0 Å². The lowest BCUT2D eigenvalue weighted by molar-refractivity contribution is -0.329. The van der Waals surface area contributed by atoms with Crippen molar-refractivity contribution in [3.63, 3.8) is 0 Å². The summed E-state index contributed by atoms with van der Waals surface area (Å²) in [6, 6.07) is -2.05. The third kappa shape index (κ3) is 7.47. The molecule has 228 valence electrons. The normalized spacial score (nSPS) is 32.5. The molecule has 0 aromatic rings. The van der Waals surface area contributed by atoms with Crippen LogP contribution >= 0.6 is 0 Å². The van der Waals surface area contributed by atoms with Crippen molar-refractivity contribution >= 4 is 24.0 Å². The molecule has 0 saturated carbocycles. The van der Waals surface area contributed by atoms with Crippen LogP contribution in [0.2, 0.25) is 0 Å². The number of hydrogen-bond acceptors (Lipinski definition) is 12. The van der Waals surface area contributed by atoms with Crippen LogP contribution in [-0.4, -0.2) is 95.7 Å². The molecule has 0 radical (unpaired) electrons. The highest BCUT2D eigenvalue weighted by molar-refractivity contribution is 5.70.